The van der Waals surface area contributed by atoms with Crippen LogP contribution in [-0.2, 0) is 14.8 Å². The zero-order valence-electron chi connectivity index (χ0n) is 18.9. The lowest BCUT2D eigenvalue weighted by atomic mass is 9.97. The van der Waals surface area contributed by atoms with Gasteiger partial charge in [-0.1, -0.05) is 23.4 Å². The van der Waals surface area contributed by atoms with Gasteiger partial charge in [-0.25, -0.2) is 17.8 Å². The molecule has 1 aromatic carbocycles. The van der Waals surface area contributed by atoms with Gasteiger partial charge in [-0.3, -0.25) is 4.79 Å². The number of hydrogen-bond donors (Lipinski definition) is 1. The summed E-state index contributed by atoms with van der Waals surface area (Å²) in [5.74, 6) is -0.416. The molecule has 2 aromatic heterocycles. The van der Waals surface area contributed by atoms with E-state index in [4.69, 9.17) is 4.52 Å². The van der Waals surface area contributed by atoms with Gasteiger partial charge >= 0.3 is 0 Å². The van der Waals surface area contributed by atoms with E-state index in [1.54, 1.807) is 37.4 Å². The van der Waals surface area contributed by atoms with E-state index in [0.29, 0.717) is 24.2 Å². The molecule has 1 aliphatic heterocycles. The van der Waals surface area contributed by atoms with Gasteiger partial charge in [-0.2, -0.15) is 4.31 Å². The van der Waals surface area contributed by atoms with Crippen molar-refractivity contribution in [2.45, 2.75) is 31.6 Å². The SMILES string of the molecule is Cc1ccnc(NC(=O)C2CCN(S(=O)(=O)c3c(C)noc3/C=C/c3ccccc3F)CC2)c1. The van der Waals surface area contributed by atoms with Crippen LogP contribution in [0.3, 0.4) is 0 Å². The second kappa shape index (κ2) is 9.86. The van der Waals surface area contributed by atoms with Crippen molar-refractivity contribution in [1.29, 1.82) is 0 Å². The molecule has 1 N–H and O–H groups in total. The second-order valence-corrected chi connectivity index (χ2v) is 10.1. The van der Waals surface area contributed by atoms with Gasteiger partial charge in [0.05, 0.1) is 0 Å². The maximum absolute atomic E-state index is 13.9. The molecule has 0 saturated carbocycles. The highest BCUT2D eigenvalue weighted by Crippen LogP contribution is 2.29. The van der Waals surface area contributed by atoms with E-state index in [0.717, 1.165) is 5.56 Å². The van der Waals surface area contributed by atoms with E-state index in [1.165, 1.54) is 22.5 Å². The van der Waals surface area contributed by atoms with Crippen LogP contribution in [0.4, 0.5) is 10.2 Å². The average molecular weight is 485 g/mol. The molecule has 4 rings (SSSR count). The number of sulfonamides is 1. The highest BCUT2D eigenvalue weighted by Gasteiger charge is 2.36. The van der Waals surface area contributed by atoms with Crippen LogP contribution in [0, 0.1) is 25.6 Å². The van der Waals surface area contributed by atoms with Gasteiger partial charge < -0.3 is 9.84 Å². The largest absolute Gasteiger partial charge is 0.355 e. The predicted molar refractivity (Wildman–Crippen MR) is 126 cm³/mol. The summed E-state index contributed by atoms with van der Waals surface area (Å²) in [6, 6.07) is 9.77. The smallest absolute Gasteiger partial charge is 0.248 e. The number of nitrogens with zero attached hydrogens (tertiary/aromatic N) is 3. The van der Waals surface area contributed by atoms with Crippen LogP contribution < -0.4 is 5.32 Å². The summed E-state index contributed by atoms with van der Waals surface area (Å²) in [5, 5.41) is 6.62. The summed E-state index contributed by atoms with van der Waals surface area (Å²) >= 11 is 0. The van der Waals surface area contributed by atoms with Crippen LogP contribution in [0.25, 0.3) is 12.2 Å². The van der Waals surface area contributed by atoms with Crippen molar-refractivity contribution in [2.75, 3.05) is 18.4 Å². The first-order chi connectivity index (χ1) is 16.3. The standard InChI is InChI=1S/C24H25FN4O4S/c1-16-9-12-26-22(15-16)27-24(30)19-10-13-29(14-11-19)34(31,32)23-17(2)28-33-21(23)8-7-18-5-3-4-6-20(18)25/h3-9,12,15,19H,10-11,13-14H2,1-2H3,(H,26,27,30)/b8-7+. The molecular weight excluding hydrogens is 459 g/mol. The van der Waals surface area contributed by atoms with Gasteiger partial charge in [0.25, 0.3) is 0 Å². The van der Waals surface area contributed by atoms with Crippen LogP contribution >= 0.6 is 0 Å². The van der Waals surface area contributed by atoms with E-state index < -0.39 is 15.8 Å². The number of rotatable bonds is 6. The summed E-state index contributed by atoms with van der Waals surface area (Å²) in [4.78, 5) is 16.7. The van der Waals surface area contributed by atoms with Gasteiger partial charge in [0.2, 0.25) is 15.9 Å². The third kappa shape index (κ3) is 5.07. The molecule has 1 saturated heterocycles. The van der Waals surface area contributed by atoms with Crippen molar-refractivity contribution in [3.8, 4) is 0 Å². The molecule has 0 bridgehead atoms. The lowest BCUT2D eigenvalue weighted by molar-refractivity contribution is -0.120. The first-order valence-electron chi connectivity index (χ1n) is 10.9. The fourth-order valence-corrected chi connectivity index (χ4v) is 5.61. The number of aryl methyl sites for hydroxylation is 2. The molecule has 1 aliphatic rings. The molecular formula is C24H25FN4O4S. The molecule has 0 spiro atoms. The number of benzene rings is 1. The molecule has 3 aromatic rings. The molecule has 0 unspecified atom stereocenters. The number of anilines is 1. The van der Waals surface area contributed by atoms with Gasteiger partial charge in [0.1, 0.15) is 17.3 Å². The number of hydrogen-bond acceptors (Lipinski definition) is 6. The zero-order valence-corrected chi connectivity index (χ0v) is 19.7. The Morgan fingerprint density at radius 3 is 2.62 bits per heavy atom. The number of carbonyl (C=O) groups is 1. The minimum Gasteiger partial charge on any atom is -0.355 e. The Morgan fingerprint density at radius 1 is 1.18 bits per heavy atom. The summed E-state index contributed by atoms with van der Waals surface area (Å²) in [6.45, 7) is 3.82. The number of pyridine rings is 1. The molecule has 10 heteroatoms. The Balaban J connectivity index is 1.46. The maximum Gasteiger partial charge on any atom is 0.248 e. The molecule has 0 atom stereocenters. The van der Waals surface area contributed by atoms with Crippen molar-refractivity contribution < 1.29 is 22.1 Å². The normalized spacial score (nSPS) is 15.6. The zero-order chi connectivity index (χ0) is 24.3. The monoisotopic (exact) mass is 484 g/mol. The molecule has 178 valence electrons. The highest BCUT2D eigenvalue weighted by atomic mass is 32.2. The first-order valence-corrected chi connectivity index (χ1v) is 12.3. The number of halogens is 1. The Kier molecular flexibility index (Phi) is 6.90. The summed E-state index contributed by atoms with van der Waals surface area (Å²) in [7, 11) is -3.92. The third-order valence-corrected chi connectivity index (χ3v) is 7.80. The maximum atomic E-state index is 13.9. The molecule has 0 radical (unpaired) electrons. The Labute approximate surface area is 197 Å². The fourth-order valence-electron chi connectivity index (χ4n) is 3.89. The number of carbonyl (C=O) groups excluding carboxylic acids is 1. The molecule has 0 aliphatic carbocycles. The quantitative estimate of drug-likeness (QED) is 0.566. The minimum atomic E-state index is -3.92. The summed E-state index contributed by atoms with van der Waals surface area (Å²) in [6.07, 6.45) is 5.23. The predicted octanol–water partition coefficient (Wildman–Crippen LogP) is 4.04. The van der Waals surface area contributed by atoms with E-state index in [2.05, 4.69) is 15.5 Å². The van der Waals surface area contributed by atoms with Crippen molar-refractivity contribution in [3.05, 3.63) is 71.0 Å². The van der Waals surface area contributed by atoms with Crippen molar-refractivity contribution in [1.82, 2.24) is 14.4 Å². The molecule has 34 heavy (non-hydrogen) atoms. The van der Waals surface area contributed by atoms with E-state index in [9.17, 15) is 17.6 Å². The van der Waals surface area contributed by atoms with E-state index in [1.807, 2.05) is 13.0 Å². The second-order valence-electron chi connectivity index (χ2n) is 8.20. The fraction of sp³-hybridized carbons (Fsp3) is 0.292. The van der Waals surface area contributed by atoms with Gasteiger partial charge in [-0.05, 0) is 62.6 Å². The molecule has 8 nitrogen and oxygen atoms in total. The Morgan fingerprint density at radius 2 is 1.91 bits per heavy atom. The van der Waals surface area contributed by atoms with E-state index in [-0.39, 0.29) is 41.3 Å². The van der Waals surface area contributed by atoms with Crippen LogP contribution in [-0.4, -0.2) is 41.9 Å². The number of nitrogens with one attached hydrogen (secondary N) is 1. The Bertz CT molecular complexity index is 1330. The third-order valence-electron chi connectivity index (χ3n) is 5.74. The molecule has 1 amide bonds. The number of piperidine rings is 1. The minimum absolute atomic E-state index is 0.0335. The van der Waals surface area contributed by atoms with Crippen LogP contribution in [0.5, 0.6) is 0 Å². The van der Waals surface area contributed by atoms with Crippen molar-refractivity contribution in [2.24, 2.45) is 5.92 Å². The van der Waals surface area contributed by atoms with Crippen molar-refractivity contribution >= 4 is 33.9 Å². The number of amides is 1. The lowest BCUT2D eigenvalue weighted by Gasteiger charge is -2.30. The van der Waals surface area contributed by atoms with Crippen LogP contribution in [0.2, 0.25) is 0 Å². The summed E-state index contributed by atoms with van der Waals surface area (Å²) < 4.78 is 47.3. The van der Waals surface area contributed by atoms with Crippen molar-refractivity contribution in [3.63, 3.8) is 0 Å². The Hall–Kier alpha value is -3.37. The van der Waals surface area contributed by atoms with Gasteiger partial charge in [-0.15, -0.1) is 0 Å². The molecule has 3 heterocycles. The lowest BCUT2D eigenvalue weighted by Crippen LogP contribution is -2.41. The number of aromatic nitrogens is 2. The van der Waals surface area contributed by atoms with Crippen LogP contribution in [0.15, 0.2) is 52.0 Å². The summed E-state index contributed by atoms with van der Waals surface area (Å²) in [5.41, 5.74) is 1.50. The van der Waals surface area contributed by atoms with Crippen LogP contribution in [0.1, 0.15) is 35.4 Å². The average Bonchev–Trinajstić information content (AvgIpc) is 3.19. The van der Waals surface area contributed by atoms with E-state index >= 15 is 0 Å². The highest BCUT2D eigenvalue weighted by molar-refractivity contribution is 7.89. The topological polar surface area (TPSA) is 105 Å². The molecule has 1 fully saturated rings. The van der Waals surface area contributed by atoms with Gasteiger partial charge in [0, 0.05) is 30.8 Å². The first kappa shape index (κ1) is 23.8. The van der Waals surface area contributed by atoms with Gasteiger partial charge in [0.15, 0.2) is 10.7 Å².